The van der Waals surface area contributed by atoms with Gasteiger partial charge in [0, 0.05) is 50.2 Å². The number of hydrogen-bond acceptors (Lipinski definition) is 4. The van der Waals surface area contributed by atoms with Crippen molar-refractivity contribution in [3.63, 3.8) is 0 Å². The van der Waals surface area contributed by atoms with Crippen molar-refractivity contribution in [2.24, 2.45) is 0 Å². The van der Waals surface area contributed by atoms with Crippen LogP contribution in [0.3, 0.4) is 0 Å². The number of likely N-dealkylation sites (N-methyl/N-ethyl adjacent to an activating group) is 1. The van der Waals surface area contributed by atoms with Crippen LogP contribution in [-0.2, 0) is 11.3 Å². The number of amides is 1. The fourth-order valence-electron chi connectivity index (χ4n) is 3.16. The van der Waals surface area contributed by atoms with Gasteiger partial charge in [0.1, 0.15) is 0 Å². The Labute approximate surface area is 155 Å². The van der Waals surface area contributed by atoms with Crippen LogP contribution in [0.5, 0.6) is 0 Å². The first-order chi connectivity index (χ1) is 12.6. The minimum absolute atomic E-state index is 0.0931. The second kappa shape index (κ2) is 8.34. The van der Waals surface area contributed by atoms with E-state index in [1.54, 1.807) is 7.11 Å². The number of hydrogen-bond donors (Lipinski definition) is 1. The molecule has 0 aliphatic carbocycles. The van der Waals surface area contributed by atoms with Crippen molar-refractivity contribution in [2.45, 2.75) is 13.5 Å². The first-order valence-electron chi connectivity index (χ1n) is 9.00. The SMILES string of the molecule is COCc1ccc(C(=O)Nc2ccc(N3CCN(C)CC3)cc2C)cc1. The number of carbonyl (C=O) groups is 1. The fourth-order valence-corrected chi connectivity index (χ4v) is 3.16. The molecule has 3 rings (SSSR count). The van der Waals surface area contributed by atoms with E-state index in [2.05, 4.69) is 34.3 Å². The molecule has 0 radical (unpaired) electrons. The molecule has 2 aromatic carbocycles. The number of methoxy groups -OCH3 is 1. The number of anilines is 2. The molecule has 0 aromatic heterocycles. The Morgan fingerprint density at radius 1 is 1.08 bits per heavy atom. The summed E-state index contributed by atoms with van der Waals surface area (Å²) >= 11 is 0. The standard InChI is InChI=1S/C21H27N3O2/c1-16-14-19(24-12-10-23(2)11-13-24)8-9-20(16)22-21(25)18-6-4-17(5-7-18)15-26-3/h4-9,14H,10-13,15H2,1-3H3,(H,22,25). The monoisotopic (exact) mass is 353 g/mol. The molecular formula is C21H27N3O2. The van der Waals surface area contributed by atoms with Crippen LogP contribution in [0, 0.1) is 6.92 Å². The lowest BCUT2D eigenvalue weighted by Crippen LogP contribution is -2.44. The van der Waals surface area contributed by atoms with E-state index < -0.39 is 0 Å². The lowest BCUT2D eigenvalue weighted by Gasteiger charge is -2.34. The summed E-state index contributed by atoms with van der Waals surface area (Å²) in [5, 5.41) is 3.02. The van der Waals surface area contributed by atoms with E-state index >= 15 is 0 Å². The van der Waals surface area contributed by atoms with Gasteiger partial charge >= 0.3 is 0 Å². The zero-order chi connectivity index (χ0) is 18.5. The van der Waals surface area contributed by atoms with Gasteiger partial charge in [0.05, 0.1) is 6.61 Å². The number of rotatable bonds is 5. The Kier molecular flexibility index (Phi) is 5.91. The van der Waals surface area contributed by atoms with Crippen molar-refractivity contribution in [3.05, 3.63) is 59.2 Å². The minimum atomic E-state index is -0.0931. The van der Waals surface area contributed by atoms with Gasteiger partial charge in [0.2, 0.25) is 0 Å². The molecule has 1 N–H and O–H groups in total. The molecule has 2 aromatic rings. The Bertz CT molecular complexity index is 750. The smallest absolute Gasteiger partial charge is 0.255 e. The highest BCUT2D eigenvalue weighted by molar-refractivity contribution is 6.04. The maximum Gasteiger partial charge on any atom is 0.255 e. The highest BCUT2D eigenvalue weighted by Gasteiger charge is 2.15. The first kappa shape index (κ1) is 18.4. The third kappa shape index (κ3) is 4.42. The summed E-state index contributed by atoms with van der Waals surface area (Å²) in [5.41, 5.74) is 4.85. The summed E-state index contributed by atoms with van der Waals surface area (Å²) in [4.78, 5) is 17.2. The molecule has 1 heterocycles. The normalized spacial score (nSPS) is 15.1. The third-order valence-corrected chi connectivity index (χ3v) is 4.85. The Morgan fingerprint density at radius 3 is 2.38 bits per heavy atom. The van der Waals surface area contributed by atoms with Crippen LogP contribution < -0.4 is 10.2 Å². The Morgan fingerprint density at radius 2 is 1.77 bits per heavy atom. The van der Waals surface area contributed by atoms with Crippen molar-refractivity contribution >= 4 is 17.3 Å². The van der Waals surface area contributed by atoms with Gasteiger partial charge in [0.25, 0.3) is 5.91 Å². The van der Waals surface area contributed by atoms with Crippen LogP contribution in [0.15, 0.2) is 42.5 Å². The van der Waals surface area contributed by atoms with Crippen molar-refractivity contribution in [3.8, 4) is 0 Å². The highest BCUT2D eigenvalue weighted by atomic mass is 16.5. The van der Waals surface area contributed by atoms with Gasteiger partial charge in [-0.3, -0.25) is 4.79 Å². The fraction of sp³-hybridized carbons (Fsp3) is 0.381. The molecule has 1 aliphatic rings. The number of nitrogens with one attached hydrogen (secondary N) is 1. The van der Waals surface area contributed by atoms with Crippen LogP contribution in [0.1, 0.15) is 21.5 Å². The number of benzene rings is 2. The largest absolute Gasteiger partial charge is 0.380 e. The Balaban J connectivity index is 1.66. The predicted octanol–water partition coefficient (Wildman–Crippen LogP) is 3.15. The van der Waals surface area contributed by atoms with E-state index in [4.69, 9.17) is 4.74 Å². The number of carbonyl (C=O) groups excluding carboxylic acids is 1. The first-order valence-corrected chi connectivity index (χ1v) is 9.00. The van der Waals surface area contributed by atoms with Gasteiger partial charge in [-0.05, 0) is 55.4 Å². The summed E-state index contributed by atoms with van der Waals surface area (Å²) < 4.78 is 5.10. The topological polar surface area (TPSA) is 44.8 Å². The van der Waals surface area contributed by atoms with Crippen LogP contribution >= 0.6 is 0 Å². The van der Waals surface area contributed by atoms with Gasteiger partial charge in [0.15, 0.2) is 0 Å². The number of ether oxygens (including phenoxy) is 1. The molecule has 5 heteroatoms. The lowest BCUT2D eigenvalue weighted by atomic mass is 10.1. The van der Waals surface area contributed by atoms with Gasteiger partial charge in [-0.25, -0.2) is 0 Å². The van der Waals surface area contributed by atoms with Crippen molar-refractivity contribution in [1.82, 2.24) is 4.90 Å². The molecule has 5 nitrogen and oxygen atoms in total. The van der Waals surface area contributed by atoms with E-state index in [0.717, 1.165) is 43.0 Å². The summed E-state index contributed by atoms with van der Waals surface area (Å²) in [6.07, 6.45) is 0. The van der Waals surface area contributed by atoms with E-state index in [1.807, 2.05) is 37.3 Å². The molecule has 1 saturated heterocycles. The molecule has 138 valence electrons. The Hall–Kier alpha value is -2.37. The maximum atomic E-state index is 12.5. The average molecular weight is 353 g/mol. The minimum Gasteiger partial charge on any atom is -0.380 e. The molecule has 0 saturated carbocycles. The van der Waals surface area contributed by atoms with E-state index in [0.29, 0.717) is 12.2 Å². The molecule has 26 heavy (non-hydrogen) atoms. The quantitative estimate of drug-likeness (QED) is 0.897. The third-order valence-electron chi connectivity index (χ3n) is 4.85. The van der Waals surface area contributed by atoms with Crippen molar-refractivity contribution in [2.75, 3.05) is 50.6 Å². The van der Waals surface area contributed by atoms with Gasteiger partial charge in [-0.1, -0.05) is 12.1 Å². The molecule has 0 bridgehead atoms. The van der Waals surface area contributed by atoms with E-state index in [1.165, 1.54) is 5.69 Å². The second-order valence-electron chi connectivity index (χ2n) is 6.87. The molecule has 1 fully saturated rings. The molecule has 0 spiro atoms. The molecular weight excluding hydrogens is 326 g/mol. The highest BCUT2D eigenvalue weighted by Crippen LogP contribution is 2.24. The van der Waals surface area contributed by atoms with Gasteiger partial charge in [-0.2, -0.15) is 0 Å². The van der Waals surface area contributed by atoms with Crippen LogP contribution in [0.4, 0.5) is 11.4 Å². The summed E-state index contributed by atoms with van der Waals surface area (Å²) in [6.45, 7) is 6.82. The summed E-state index contributed by atoms with van der Waals surface area (Å²) in [6, 6.07) is 13.7. The number of nitrogens with zero attached hydrogens (tertiary/aromatic N) is 2. The zero-order valence-electron chi connectivity index (χ0n) is 15.8. The van der Waals surface area contributed by atoms with Gasteiger partial charge < -0.3 is 19.9 Å². The van der Waals surface area contributed by atoms with Crippen molar-refractivity contribution < 1.29 is 9.53 Å². The second-order valence-corrected chi connectivity index (χ2v) is 6.87. The summed E-state index contributed by atoms with van der Waals surface area (Å²) in [7, 11) is 3.82. The van der Waals surface area contributed by atoms with Crippen LogP contribution in [-0.4, -0.2) is 51.1 Å². The summed E-state index contributed by atoms with van der Waals surface area (Å²) in [5.74, 6) is -0.0931. The predicted molar refractivity (Wildman–Crippen MR) is 106 cm³/mol. The van der Waals surface area contributed by atoms with Crippen LogP contribution in [0.25, 0.3) is 0 Å². The van der Waals surface area contributed by atoms with E-state index in [9.17, 15) is 4.79 Å². The maximum absolute atomic E-state index is 12.5. The molecule has 0 unspecified atom stereocenters. The average Bonchev–Trinajstić information content (AvgIpc) is 2.65. The van der Waals surface area contributed by atoms with Crippen molar-refractivity contribution in [1.29, 1.82) is 0 Å². The molecule has 0 atom stereocenters. The van der Waals surface area contributed by atoms with Gasteiger partial charge in [-0.15, -0.1) is 0 Å². The molecule has 1 aliphatic heterocycles. The lowest BCUT2D eigenvalue weighted by molar-refractivity contribution is 0.102. The number of aryl methyl sites for hydroxylation is 1. The van der Waals surface area contributed by atoms with Crippen LogP contribution in [0.2, 0.25) is 0 Å². The molecule has 1 amide bonds. The van der Waals surface area contributed by atoms with E-state index in [-0.39, 0.29) is 5.91 Å². The number of piperazine rings is 1. The zero-order valence-corrected chi connectivity index (χ0v) is 15.8.